The summed E-state index contributed by atoms with van der Waals surface area (Å²) in [4.78, 5) is 38.5. The fraction of sp³-hybridized carbons (Fsp3) is 0.333. The third-order valence-electron chi connectivity index (χ3n) is 6.06. The molecule has 0 N–H and O–H groups in total. The lowest BCUT2D eigenvalue weighted by Crippen LogP contribution is -2.43. The number of alkyl halides is 3. The van der Waals surface area contributed by atoms with Gasteiger partial charge in [-0.3, -0.25) is 24.6 Å². The van der Waals surface area contributed by atoms with Gasteiger partial charge in [-0.05, 0) is 35.6 Å². The highest BCUT2D eigenvalue weighted by Gasteiger charge is 2.45. The van der Waals surface area contributed by atoms with Crippen molar-refractivity contribution in [2.45, 2.75) is 45.2 Å². The van der Waals surface area contributed by atoms with Crippen LogP contribution in [0, 0.1) is 15.5 Å². The van der Waals surface area contributed by atoms with Gasteiger partial charge in [0, 0.05) is 47.8 Å². The first-order valence-electron chi connectivity index (χ1n) is 10.4. The zero-order chi connectivity index (χ0) is 24.1. The second kappa shape index (κ2) is 7.83. The lowest BCUT2D eigenvalue weighted by atomic mass is 9.69. The number of carbonyl (C=O) groups excluding carboxylic acids is 2. The maximum atomic E-state index is 13.3. The van der Waals surface area contributed by atoms with Gasteiger partial charge < -0.3 is 0 Å². The van der Waals surface area contributed by atoms with Crippen LogP contribution in [0.5, 0.6) is 0 Å². The van der Waals surface area contributed by atoms with Gasteiger partial charge in [0.25, 0.3) is 5.69 Å². The number of nitro groups is 1. The molecule has 2 aromatic carbocycles. The first-order valence-corrected chi connectivity index (χ1v) is 10.4. The molecule has 33 heavy (non-hydrogen) atoms. The fourth-order valence-corrected chi connectivity index (χ4v) is 4.68. The molecule has 0 bridgehead atoms. The molecule has 1 atom stereocenters. The number of halogens is 3. The number of nitro benzene ring substituents is 1. The summed E-state index contributed by atoms with van der Waals surface area (Å²) in [5.41, 5.74) is -0.342. The zero-order valence-corrected chi connectivity index (χ0v) is 18.0. The molecule has 1 aliphatic heterocycles. The maximum absolute atomic E-state index is 13.3. The Hall–Kier alpha value is -3.49. The van der Waals surface area contributed by atoms with Crippen molar-refractivity contribution in [1.29, 1.82) is 0 Å². The Bertz CT molecular complexity index is 1200. The number of Topliss-reactive ketones (excluding diaryl/α,β-unsaturated/α-hetero) is 1. The number of allylic oxidation sites excluding steroid dienone is 2. The predicted octanol–water partition coefficient (Wildman–Crippen LogP) is 5.78. The number of amides is 1. The van der Waals surface area contributed by atoms with E-state index in [1.54, 1.807) is 6.07 Å². The van der Waals surface area contributed by atoms with Crippen molar-refractivity contribution in [2.24, 2.45) is 5.41 Å². The minimum absolute atomic E-state index is 0.0466. The van der Waals surface area contributed by atoms with E-state index in [0.717, 1.165) is 12.1 Å². The maximum Gasteiger partial charge on any atom is 0.416 e. The third-order valence-corrected chi connectivity index (χ3v) is 6.06. The molecule has 1 unspecified atom stereocenters. The summed E-state index contributed by atoms with van der Waals surface area (Å²) in [6.45, 7) is 3.72. The predicted molar refractivity (Wildman–Crippen MR) is 114 cm³/mol. The van der Waals surface area contributed by atoms with E-state index < -0.39 is 33.9 Å². The van der Waals surface area contributed by atoms with Crippen LogP contribution in [0.4, 0.5) is 24.5 Å². The van der Waals surface area contributed by atoms with Crippen LogP contribution in [-0.2, 0) is 15.8 Å². The highest BCUT2D eigenvalue weighted by Crippen LogP contribution is 2.48. The summed E-state index contributed by atoms with van der Waals surface area (Å²) in [6, 6.07) is 10.3. The van der Waals surface area contributed by atoms with Gasteiger partial charge in [0.05, 0.1) is 10.5 Å². The summed E-state index contributed by atoms with van der Waals surface area (Å²) >= 11 is 0. The first kappa shape index (κ1) is 22.7. The molecule has 2 aliphatic rings. The van der Waals surface area contributed by atoms with Gasteiger partial charge in [-0.15, -0.1) is 0 Å². The van der Waals surface area contributed by atoms with Crippen LogP contribution in [-0.4, -0.2) is 16.6 Å². The first-order chi connectivity index (χ1) is 15.4. The Balaban J connectivity index is 1.90. The highest BCUT2D eigenvalue weighted by molar-refractivity contribution is 6.07. The molecule has 0 fully saturated rings. The number of hydrogen-bond acceptors (Lipinski definition) is 4. The highest BCUT2D eigenvalue weighted by atomic mass is 19.4. The van der Waals surface area contributed by atoms with Crippen LogP contribution in [0.1, 0.15) is 50.2 Å². The van der Waals surface area contributed by atoms with Crippen LogP contribution in [0.15, 0.2) is 59.8 Å². The number of rotatable bonds is 3. The Kier molecular flexibility index (Phi) is 5.38. The van der Waals surface area contributed by atoms with Crippen LogP contribution >= 0.6 is 0 Å². The van der Waals surface area contributed by atoms with Gasteiger partial charge in [0.2, 0.25) is 5.91 Å². The van der Waals surface area contributed by atoms with E-state index in [1.807, 2.05) is 13.8 Å². The fourth-order valence-electron chi connectivity index (χ4n) is 4.68. The quantitative estimate of drug-likeness (QED) is 0.432. The average Bonchev–Trinajstić information content (AvgIpc) is 2.71. The average molecular weight is 458 g/mol. The molecule has 0 saturated carbocycles. The van der Waals surface area contributed by atoms with Gasteiger partial charge in [-0.25, -0.2) is 0 Å². The number of hydrogen-bond donors (Lipinski definition) is 0. The molecular formula is C24H21F3N2O4. The Morgan fingerprint density at radius 1 is 1.06 bits per heavy atom. The molecule has 0 aromatic heterocycles. The lowest BCUT2D eigenvalue weighted by molar-refractivity contribution is -0.384. The van der Waals surface area contributed by atoms with E-state index in [9.17, 15) is 32.9 Å². The molecule has 1 aliphatic carbocycles. The van der Waals surface area contributed by atoms with E-state index >= 15 is 0 Å². The van der Waals surface area contributed by atoms with Crippen LogP contribution in [0.3, 0.4) is 0 Å². The molecule has 4 rings (SSSR count). The van der Waals surface area contributed by atoms with E-state index in [-0.39, 0.29) is 30.0 Å². The minimum Gasteiger partial charge on any atom is -0.294 e. The molecule has 2 aromatic rings. The number of non-ortho nitro benzene ring substituents is 1. The van der Waals surface area contributed by atoms with Crippen molar-refractivity contribution in [3.05, 3.63) is 81.0 Å². The van der Waals surface area contributed by atoms with E-state index in [4.69, 9.17) is 0 Å². The van der Waals surface area contributed by atoms with Gasteiger partial charge in [-0.1, -0.05) is 32.0 Å². The van der Waals surface area contributed by atoms with E-state index in [1.165, 1.54) is 35.2 Å². The van der Waals surface area contributed by atoms with E-state index in [2.05, 4.69) is 0 Å². The standard InChI is InChI=1S/C24H21F3N2O4/c1-23(2)12-19-22(20(30)13-23)18(14-5-3-8-17(9-14)29(32)33)11-21(31)28(19)16-7-4-6-15(10-16)24(25,26)27/h3-10,18H,11-13H2,1-2H3. The summed E-state index contributed by atoms with van der Waals surface area (Å²) < 4.78 is 39.9. The van der Waals surface area contributed by atoms with Crippen molar-refractivity contribution in [3.63, 3.8) is 0 Å². The van der Waals surface area contributed by atoms with Gasteiger partial charge >= 0.3 is 6.18 Å². The monoisotopic (exact) mass is 458 g/mol. The van der Waals surface area contributed by atoms with Gasteiger partial charge in [0.1, 0.15) is 0 Å². The molecule has 9 heteroatoms. The third kappa shape index (κ3) is 4.27. The van der Waals surface area contributed by atoms with Crippen molar-refractivity contribution in [1.82, 2.24) is 0 Å². The normalized spacial score (nSPS) is 20.6. The smallest absolute Gasteiger partial charge is 0.294 e. The second-order valence-electron chi connectivity index (χ2n) is 9.19. The molecular weight excluding hydrogens is 437 g/mol. The number of anilines is 1. The largest absolute Gasteiger partial charge is 0.416 e. The van der Waals surface area contributed by atoms with Gasteiger partial charge in [0.15, 0.2) is 5.78 Å². The van der Waals surface area contributed by atoms with Crippen molar-refractivity contribution in [3.8, 4) is 0 Å². The summed E-state index contributed by atoms with van der Waals surface area (Å²) in [6.07, 6.45) is -4.25. The molecule has 0 radical (unpaired) electrons. The van der Waals surface area contributed by atoms with Crippen LogP contribution in [0.2, 0.25) is 0 Å². The Morgan fingerprint density at radius 2 is 1.76 bits per heavy atom. The summed E-state index contributed by atoms with van der Waals surface area (Å²) in [7, 11) is 0. The molecule has 6 nitrogen and oxygen atoms in total. The summed E-state index contributed by atoms with van der Waals surface area (Å²) in [5.74, 6) is -1.37. The van der Waals surface area contributed by atoms with Crippen molar-refractivity contribution in [2.75, 3.05) is 4.90 Å². The molecule has 1 amide bonds. The number of benzene rings is 2. The van der Waals surface area contributed by atoms with Crippen LogP contribution < -0.4 is 4.90 Å². The van der Waals surface area contributed by atoms with E-state index in [0.29, 0.717) is 23.3 Å². The Labute approximate surface area is 187 Å². The zero-order valence-electron chi connectivity index (χ0n) is 18.0. The van der Waals surface area contributed by atoms with Crippen LogP contribution in [0.25, 0.3) is 0 Å². The molecule has 172 valence electrons. The van der Waals surface area contributed by atoms with Crippen molar-refractivity contribution >= 4 is 23.1 Å². The van der Waals surface area contributed by atoms with Crippen molar-refractivity contribution < 1.29 is 27.7 Å². The molecule has 1 heterocycles. The topological polar surface area (TPSA) is 80.5 Å². The minimum atomic E-state index is -4.58. The number of nitrogens with zero attached hydrogens (tertiary/aromatic N) is 2. The second-order valence-corrected chi connectivity index (χ2v) is 9.19. The number of carbonyl (C=O) groups is 2. The molecule has 0 spiro atoms. The SMILES string of the molecule is CC1(C)CC(=O)C2=C(C1)N(c1cccc(C(F)(F)F)c1)C(=O)CC2c1cccc([N+](=O)[O-])c1. The molecule has 0 saturated heterocycles. The van der Waals surface area contributed by atoms with Gasteiger partial charge in [-0.2, -0.15) is 13.2 Å². The number of ketones is 1. The summed E-state index contributed by atoms with van der Waals surface area (Å²) in [5, 5.41) is 11.2. The lowest BCUT2D eigenvalue weighted by Gasteiger charge is -2.43. The Morgan fingerprint density at radius 3 is 2.42 bits per heavy atom.